The molecule has 1 aliphatic carbocycles. The smallest absolute Gasteiger partial charge is 0.0651 e. The Hall–Kier alpha value is -0.860. The molecule has 0 bridgehead atoms. The van der Waals surface area contributed by atoms with Crippen molar-refractivity contribution in [3.05, 3.63) is 35.9 Å². The number of aliphatic hydroxyl groups excluding tert-OH is 1. The predicted molar refractivity (Wildman–Crippen MR) is 64.4 cm³/mol. The van der Waals surface area contributed by atoms with Gasteiger partial charge in [-0.3, -0.25) is 0 Å². The summed E-state index contributed by atoms with van der Waals surface area (Å²) in [5.74, 6) is 0.565. The van der Waals surface area contributed by atoms with Crippen LogP contribution in [0, 0.1) is 5.41 Å². The van der Waals surface area contributed by atoms with Crippen LogP contribution in [0.5, 0.6) is 0 Å². The van der Waals surface area contributed by atoms with E-state index in [0.717, 1.165) is 6.42 Å². The van der Waals surface area contributed by atoms with E-state index in [1.807, 2.05) is 19.9 Å². The number of aliphatic hydroxyl groups is 1. The van der Waals surface area contributed by atoms with E-state index in [1.54, 1.807) is 0 Å². The van der Waals surface area contributed by atoms with Crippen LogP contribution < -0.4 is 0 Å². The first kappa shape index (κ1) is 11.6. The van der Waals surface area contributed by atoms with Gasteiger partial charge in [0.25, 0.3) is 0 Å². The van der Waals surface area contributed by atoms with Crippen LogP contribution in [0.3, 0.4) is 0 Å². The van der Waals surface area contributed by atoms with Crippen molar-refractivity contribution >= 4 is 0 Å². The molecule has 2 nitrogen and oxygen atoms in total. The molecule has 1 saturated carbocycles. The second-order valence-corrected chi connectivity index (χ2v) is 5.42. The van der Waals surface area contributed by atoms with E-state index >= 15 is 0 Å². The molecule has 0 amide bonds. The van der Waals surface area contributed by atoms with Gasteiger partial charge in [0.2, 0.25) is 0 Å². The van der Waals surface area contributed by atoms with Crippen LogP contribution in [0.1, 0.15) is 31.7 Å². The van der Waals surface area contributed by atoms with Gasteiger partial charge in [0.05, 0.1) is 19.3 Å². The number of ether oxygens (including phenoxy) is 1. The van der Waals surface area contributed by atoms with E-state index in [1.165, 1.54) is 5.56 Å². The van der Waals surface area contributed by atoms with Crippen molar-refractivity contribution in [2.45, 2.75) is 32.3 Å². The highest BCUT2D eigenvalue weighted by atomic mass is 16.5. The Labute approximate surface area is 97.3 Å². The zero-order chi connectivity index (χ0) is 11.6. The van der Waals surface area contributed by atoms with Crippen molar-refractivity contribution in [1.82, 2.24) is 0 Å². The summed E-state index contributed by atoms with van der Waals surface area (Å²) in [6.45, 7) is 4.85. The SMILES string of the molecule is CC(C)(CO)COC1CC1c1ccccc1. The number of hydrogen-bond acceptors (Lipinski definition) is 2. The summed E-state index contributed by atoms with van der Waals surface area (Å²) in [4.78, 5) is 0. The molecule has 1 aromatic carbocycles. The molecule has 1 N–H and O–H groups in total. The molecule has 1 aromatic rings. The lowest BCUT2D eigenvalue weighted by molar-refractivity contribution is 0.0175. The Balaban J connectivity index is 1.80. The van der Waals surface area contributed by atoms with E-state index in [2.05, 4.69) is 24.3 Å². The molecule has 2 rings (SSSR count). The summed E-state index contributed by atoms with van der Waals surface area (Å²) in [7, 11) is 0. The quantitative estimate of drug-likeness (QED) is 0.826. The van der Waals surface area contributed by atoms with Gasteiger partial charge < -0.3 is 9.84 Å². The average Bonchev–Trinajstić information content (AvgIpc) is 3.07. The fourth-order valence-electron chi connectivity index (χ4n) is 1.79. The van der Waals surface area contributed by atoms with E-state index in [4.69, 9.17) is 9.84 Å². The molecule has 0 radical (unpaired) electrons. The molecule has 2 atom stereocenters. The number of benzene rings is 1. The maximum Gasteiger partial charge on any atom is 0.0651 e. The molecule has 0 heterocycles. The monoisotopic (exact) mass is 220 g/mol. The van der Waals surface area contributed by atoms with Gasteiger partial charge in [-0.1, -0.05) is 44.2 Å². The number of rotatable bonds is 5. The number of hydrogen-bond donors (Lipinski definition) is 1. The van der Waals surface area contributed by atoms with Crippen LogP contribution >= 0.6 is 0 Å². The standard InChI is InChI=1S/C14H20O2/c1-14(2,9-15)10-16-13-8-12(13)11-6-4-3-5-7-11/h3-7,12-13,15H,8-10H2,1-2H3. The minimum absolute atomic E-state index is 0.121. The molecule has 88 valence electrons. The van der Waals surface area contributed by atoms with Gasteiger partial charge in [-0.05, 0) is 12.0 Å². The van der Waals surface area contributed by atoms with Crippen LogP contribution in [-0.4, -0.2) is 24.4 Å². The van der Waals surface area contributed by atoms with Crippen LogP contribution in [0.4, 0.5) is 0 Å². The van der Waals surface area contributed by atoms with Crippen LogP contribution in [0.25, 0.3) is 0 Å². The topological polar surface area (TPSA) is 29.5 Å². The van der Waals surface area contributed by atoms with Crippen LogP contribution in [-0.2, 0) is 4.74 Å². The first-order valence-corrected chi connectivity index (χ1v) is 5.90. The van der Waals surface area contributed by atoms with Crippen LogP contribution in [0.15, 0.2) is 30.3 Å². The van der Waals surface area contributed by atoms with Gasteiger partial charge in [0, 0.05) is 11.3 Å². The normalized spacial score (nSPS) is 24.4. The molecule has 0 saturated heterocycles. The minimum atomic E-state index is -0.121. The Bertz CT molecular complexity index is 332. The van der Waals surface area contributed by atoms with Crippen molar-refractivity contribution in [3.63, 3.8) is 0 Å². The van der Waals surface area contributed by atoms with Crippen molar-refractivity contribution in [3.8, 4) is 0 Å². The van der Waals surface area contributed by atoms with Gasteiger partial charge in [-0.15, -0.1) is 0 Å². The Morgan fingerprint density at radius 2 is 2.00 bits per heavy atom. The van der Waals surface area contributed by atoms with Gasteiger partial charge >= 0.3 is 0 Å². The fourth-order valence-corrected chi connectivity index (χ4v) is 1.79. The third-order valence-corrected chi connectivity index (χ3v) is 3.08. The first-order valence-electron chi connectivity index (χ1n) is 5.90. The third kappa shape index (κ3) is 2.83. The largest absolute Gasteiger partial charge is 0.396 e. The summed E-state index contributed by atoms with van der Waals surface area (Å²) in [6, 6.07) is 10.5. The third-order valence-electron chi connectivity index (χ3n) is 3.08. The van der Waals surface area contributed by atoms with E-state index < -0.39 is 0 Å². The summed E-state index contributed by atoms with van der Waals surface area (Å²) >= 11 is 0. The van der Waals surface area contributed by atoms with Crippen LogP contribution in [0.2, 0.25) is 0 Å². The summed E-state index contributed by atoms with van der Waals surface area (Å²) in [5.41, 5.74) is 1.25. The highest BCUT2D eigenvalue weighted by Crippen LogP contribution is 2.43. The lowest BCUT2D eigenvalue weighted by atomic mass is 9.97. The van der Waals surface area contributed by atoms with E-state index in [9.17, 15) is 0 Å². The molecule has 2 heteroatoms. The Kier molecular flexibility index (Phi) is 3.31. The molecule has 2 unspecified atom stereocenters. The van der Waals surface area contributed by atoms with Crippen molar-refractivity contribution in [1.29, 1.82) is 0 Å². The zero-order valence-corrected chi connectivity index (χ0v) is 10.0. The summed E-state index contributed by atoms with van der Waals surface area (Å²) < 4.78 is 5.82. The van der Waals surface area contributed by atoms with Gasteiger partial charge in [0.15, 0.2) is 0 Å². The summed E-state index contributed by atoms with van der Waals surface area (Å²) in [6.07, 6.45) is 1.47. The Morgan fingerprint density at radius 1 is 1.31 bits per heavy atom. The highest BCUT2D eigenvalue weighted by Gasteiger charge is 2.40. The maximum absolute atomic E-state index is 9.13. The molecular formula is C14H20O2. The van der Waals surface area contributed by atoms with Gasteiger partial charge in [-0.25, -0.2) is 0 Å². The first-order chi connectivity index (χ1) is 7.62. The lowest BCUT2D eigenvalue weighted by Crippen LogP contribution is -2.24. The van der Waals surface area contributed by atoms with Crippen molar-refractivity contribution in [2.24, 2.45) is 5.41 Å². The van der Waals surface area contributed by atoms with E-state index in [-0.39, 0.29) is 12.0 Å². The molecule has 0 aromatic heterocycles. The second-order valence-electron chi connectivity index (χ2n) is 5.42. The molecular weight excluding hydrogens is 200 g/mol. The summed E-state index contributed by atoms with van der Waals surface area (Å²) in [5, 5.41) is 9.13. The van der Waals surface area contributed by atoms with Gasteiger partial charge in [-0.2, -0.15) is 0 Å². The lowest BCUT2D eigenvalue weighted by Gasteiger charge is -2.21. The molecule has 0 aliphatic heterocycles. The highest BCUT2D eigenvalue weighted by molar-refractivity contribution is 5.26. The maximum atomic E-state index is 9.13. The predicted octanol–water partition coefficient (Wildman–Crippen LogP) is 2.58. The molecule has 1 aliphatic rings. The van der Waals surface area contributed by atoms with Crippen molar-refractivity contribution < 1.29 is 9.84 Å². The fraction of sp³-hybridized carbons (Fsp3) is 0.571. The van der Waals surface area contributed by atoms with Gasteiger partial charge in [0.1, 0.15) is 0 Å². The molecule has 0 spiro atoms. The van der Waals surface area contributed by atoms with Crippen molar-refractivity contribution in [2.75, 3.05) is 13.2 Å². The Morgan fingerprint density at radius 3 is 2.62 bits per heavy atom. The molecule has 16 heavy (non-hydrogen) atoms. The average molecular weight is 220 g/mol. The second kappa shape index (κ2) is 4.56. The zero-order valence-electron chi connectivity index (χ0n) is 10.0. The van der Waals surface area contributed by atoms with E-state index in [0.29, 0.717) is 18.6 Å². The molecule has 1 fully saturated rings. The minimum Gasteiger partial charge on any atom is -0.396 e.